The average molecular weight is 350 g/mol. The summed E-state index contributed by atoms with van der Waals surface area (Å²) in [4.78, 5) is 2.35. The lowest BCUT2D eigenvalue weighted by atomic mass is 10.1. The quantitative estimate of drug-likeness (QED) is 0.819. The zero-order valence-corrected chi connectivity index (χ0v) is 14.3. The number of furan rings is 1. The minimum atomic E-state index is -3.11. The maximum absolute atomic E-state index is 12.0. The highest BCUT2D eigenvalue weighted by atomic mass is 32.2. The van der Waals surface area contributed by atoms with Crippen LogP contribution >= 0.6 is 0 Å². The third kappa shape index (κ3) is 3.40. The second kappa shape index (κ2) is 6.34. The minimum Gasteiger partial charge on any atom is -0.472 e. The van der Waals surface area contributed by atoms with Gasteiger partial charge in [-0.25, -0.2) is 13.1 Å². The maximum Gasteiger partial charge on any atom is 0.214 e. The van der Waals surface area contributed by atoms with Crippen LogP contribution in [0.2, 0.25) is 0 Å². The van der Waals surface area contributed by atoms with Crippen LogP contribution in [0, 0.1) is 0 Å². The molecule has 0 amide bonds. The number of aromatic nitrogens is 2. The molecule has 1 N–H and O–H groups in total. The van der Waals surface area contributed by atoms with Gasteiger partial charge < -0.3 is 4.42 Å². The number of nitrogens with zero attached hydrogens (tertiary/aromatic N) is 3. The normalized spacial score (nSPS) is 21.8. The van der Waals surface area contributed by atoms with Gasteiger partial charge in [-0.05, 0) is 31.4 Å². The van der Waals surface area contributed by atoms with Crippen LogP contribution in [0.5, 0.6) is 0 Å². The van der Waals surface area contributed by atoms with Gasteiger partial charge in [0.2, 0.25) is 10.0 Å². The molecule has 2 aromatic heterocycles. The minimum absolute atomic E-state index is 0.165. The van der Waals surface area contributed by atoms with Gasteiger partial charge in [-0.2, -0.15) is 5.10 Å². The van der Waals surface area contributed by atoms with Crippen LogP contribution in [0.1, 0.15) is 36.6 Å². The van der Waals surface area contributed by atoms with Crippen molar-refractivity contribution in [1.29, 1.82) is 0 Å². The van der Waals surface area contributed by atoms with E-state index < -0.39 is 10.0 Å². The highest BCUT2D eigenvalue weighted by molar-refractivity contribution is 7.90. The summed E-state index contributed by atoms with van der Waals surface area (Å²) in [6.07, 6.45) is 7.60. The summed E-state index contributed by atoms with van der Waals surface area (Å²) >= 11 is 0. The Morgan fingerprint density at radius 3 is 2.96 bits per heavy atom. The van der Waals surface area contributed by atoms with E-state index in [4.69, 9.17) is 4.42 Å². The van der Waals surface area contributed by atoms with Crippen molar-refractivity contribution in [3.05, 3.63) is 42.1 Å². The average Bonchev–Trinajstić information content (AvgIpc) is 3.11. The Labute approximate surface area is 141 Å². The third-order valence-electron chi connectivity index (χ3n) is 4.68. The molecule has 0 saturated heterocycles. The molecule has 3 heterocycles. The number of hydrogen-bond acceptors (Lipinski definition) is 5. The second-order valence-corrected chi connectivity index (χ2v) is 8.69. The zero-order valence-electron chi connectivity index (χ0n) is 13.5. The lowest BCUT2D eigenvalue weighted by Crippen LogP contribution is -2.39. The molecule has 0 radical (unpaired) electrons. The van der Waals surface area contributed by atoms with Gasteiger partial charge >= 0.3 is 0 Å². The second-order valence-electron chi connectivity index (χ2n) is 6.65. The molecular formula is C16H22N4O3S. The Hall–Kier alpha value is -1.64. The van der Waals surface area contributed by atoms with E-state index in [1.54, 1.807) is 12.5 Å². The fourth-order valence-electron chi connectivity index (χ4n) is 3.30. The Balaban J connectivity index is 1.39. The zero-order chi connectivity index (χ0) is 16.6. The van der Waals surface area contributed by atoms with Crippen molar-refractivity contribution in [2.45, 2.75) is 43.6 Å². The molecule has 1 atom stereocenters. The van der Waals surface area contributed by atoms with Gasteiger partial charge in [0.05, 0.1) is 29.5 Å². The molecule has 0 spiro atoms. The summed E-state index contributed by atoms with van der Waals surface area (Å²) in [5.41, 5.74) is 2.32. The van der Waals surface area contributed by atoms with Crippen LogP contribution in [0.15, 0.2) is 35.3 Å². The van der Waals surface area contributed by atoms with Crippen molar-refractivity contribution in [3.8, 4) is 0 Å². The van der Waals surface area contributed by atoms with Crippen molar-refractivity contribution in [3.63, 3.8) is 0 Å². The first kappa shape index (κ1) is 15.9. The third-order valence-corrected chi connectivity index (χ3v) is 6.64. The summed E-state index contributed by atoms with van der Waals surface area (Å²) in [6, 6.07) is 4.19. The summed E-state index contributed by atoms with van der Waals surface area (Å²) < 4.78 is 33.8. The summed E-state index contributed by atoms with van der Waals surface area (Å²) in [6.45, 7) is 2.98. The van der Waals surface area contributed by atoms with E-state index in [9.17, 15) is 8.42 Å². The molecule has 2 aliphatic rings. The van der Waals surface area contributed by atoms with Crippen molar-refractivity contribution in [2.75, 3.05) is 13.1 Å². The van der Waals surface area contributed by atoms with E-state index in [1.165, 1.54) is 5.69 Å². The molecule has 2 aromatic rings. The molecule has 130 valence electrons. The number of hydrogen-bond donors (Lipinski definition) is 1. The monoisotopic (exact) mass is 350 g/mol. The smallest absolute Gasteiger partial charge is 0.214 e. The van der Waals surface area contributed by atoms with Crippen LogP contribution in [0.25, 0.3) is 0 Å². The number of sulfonamides is 1. The Kier molecular flexibility index (Phi) is 4.19. The van der Waals surface area contributed by atoms with Gasteiger partial charge in [0.25, 0.3) is 0 Å². The number of fused-ring (bicyclic) bond motifs is 1. The molecular weight excluding hydrogens is 328 g/mol. The molecule has 24 heavy (non-hydrogen) atoms. The molecule has 1 aliphatic heterocycles. The van der Waals surface area contributed by atoms with E-state index in [0.29, 0.717) is 6.54 Å². The van der Waals surface area contributed by atoms with Crippen LogP contribution in [0.3, 0.4) is 0 Å². The van der Waals surface area contributed by atoms with E-state index in [-0.39, 0.29) is 11.3 Å². The highest BCUT2D eigenvalue weighted by Crippen LogP contribution is 2.28. The maximum atomic E-state index is 12.0. The molecule has 1 aliphatic carbocycles. The molecule has 8 heteroatoms. The van der Waals surface area contributed by atoms with Crippen molar-refractivity contribution in [1.82, 2.24) is 19.4 Å². The van der Waals surface area contributed by atoms with Gasteiger partial charge in [-0.15, -0.1) is 0 Å². The molecule has 0 unspecified atom stereocenters. The van der Waals surface area contributed by atoms with Gasteiger partial charge in [0.15, 0.2) is 0 Å². The number of nitrogens with one attached hydrogen (secondary N) is 1. The molecule has 0 bridgehead atoms. The van der Waals surface area contributed by atoms with E-state index >= 15 is 0 Å². The van der Waals surface area contributed by atoms with E-state index in [2.05, 4.69) is 14.7 Å². The number of rotatable bonds is 7. The molecule has 1 saturated carbocycles. The lowest BCUT2D eigenvalue weighted by Gasteiger charge is -2.33. The van der Waals surface area contributed by atoms with Crippen molar-refractivity contribution >= 4 is 10.0 Å². The Bertz CT molecular complexity index is 780. The first-order valence-electron chi connectivity index (χ1n) is 8.36. The molecule has 0 aromatic carbocycles. The highest BCUT2D eigenvalue weighted by Gasteiger charge is 2.35. The first-order chi connectivity index (χ1) is 11.6. The SMILES string of the molecule is O=S(=O)(NCC[C@H]1CN(Cc2ccoc2)Cc2ccnn21)C1CC1. The first-order valence-corrected chi connectivity index (χ1v) is 9.91. The van der Waals surface area contributed by atoms with Gasteiger partial charge in [0.1, 0.15) is 0 Å². The summed E-state index contributed by atoms with van der Waals surface area (Å²) in [5, 5.41) is 4.26. The largest absolute Gasteiger partial charge is 0.472 e. The summed E-state index contributed by atoms with van der Waals surface area (Å²) in [7, 11) is -3.11. The fraction of sp³-hybridized carbons (Fsp3) is 0.562. The van der Waals surface area contributed by atoms with E-state index in [1.807, 2.05) is 23.0 Å². The van der Waals surface area contributed by atoms with E-state index in [0.717, 1.165) is 44.5 Å². The Morgan fingerprint density at radius 1 is 1.33 bits per heavy atom. The summed E-state index contributed by atoms with van der Waals surface area (Å²) in [5.74, 6) is 0. The molecule has 1 fully saturated rings. The molecule has 4 rings (SSSR count). The standard InChI is InChI=1S/C16H22N4O3S/c21-24(22,16-1-2-16)18-7-4-15-11-19(9-13-5-8-23-12-13)10-14-3-6-17-20(14)15/h3,5-6,8,12,15-16,18H,1-2,4,7,9-11H2/t15-/m0/s1. The van der Waals surface area contributed by atoms with Crippen LogP contribution < -0.4 is 4.72 Å². The van der Waals surface area contributed by atoms with Crippen LogP contribution in [-0.2, 0) is 23.1 Å². The topological polar surface area (TPSA) is 80.4 Å². The fourth-order valence-corrected chi connectivity index (χ4v) is 4.70. The van der Waals surface area contributed by atoms with Gasteiger partial charge in [-0.1, -0.05) is 0 Å². The van der Waals surface area contributed by atoms with Crippen molar-refractivity contribution < 1.29 is 12.8 Å². The molecule has 7 nitrogen and oxygen atoms in total. The predicted molar refractivity (Wildman–Crippen MR) is 88.6 cm³/mol. The van der Waals surface area contributed by atoms with Crippen molar-refractivity contribution in [2.24, 2.45) is 0 Å². The van der Waals surface area contributed by atoms with Crippen LogP contribution in [0.4, 0.5) is 0 Å². The van der Waals surface area contributed by atoms with Gasteiger partial charge in [-0.3, -0.25) is 9.58 Å². The Morgan fingerprint density at radius 2 is 2.21 bits per heavy atom. The predicted octanol–water partition coefficient (Wildman–Crippen LogP) is 1.50. The van der Waals surface area contributed by atoms with Crippen LogP contribution in [-0.4, -0.2) is 41.4 Å². The van der Waals surface area contributed by atoms with Gasteiger partial charge in [0, 0.05) is 37.9 Å². The lowest BCUT2D eigenvalue weighted by molar-refractivity contribution is 0.162.